The molecule has 0 bridgehead atoms. The SMILES string of the molecule is CCO[C@@H](CCOC(=O)CS)[C@@H](OC(=O)Nc1ccc(SC)cc1)c1cc(Br)ccc1O. The van der Waals surface area contributed by atoms with Gasteiger partial charge in [-0.2, -0.15) is 12.6 Å². The fourth-order valence-electron chi connectivity index (χ4n) is 2.90. The fourth-order valence-corrected chi connectivity index (χ4v) is 3.78. The molecule has 2 rings (SSSR count). The molecule has 0 radical (unpaired) electrons. The molecular formula is C22H26BrNO6S2. The third kappa shape index (κ3) is 8.23. The number of halogens is 1. The van der Waals surface area contributed by atoms with E-state index in [2.05, 4.69) is 33.9 Å². The molecule has 0 aliphatic heterocycles. The van der Waals surface area contributed by atoms with Crippen LogP contribution in [0.4, 0.5) is 10.5 Å². The summed E-state index contributed by atoms with van der Waals surface area (Å²) in [6, 6.07) is 12.1. The zero-order valence-electron chi connectivity index (χ0n) is 17.7. The first-order valence-corrected chi connectivity index (χ1v) is 12.5. The van der Waals surface area contributed by atoms with Crippen molar-refractivity contribution < 1.29 is 28.9 Å². The lowest BCUT2D eigenvalue weighted by molar-refractivity contribution is -0.142. The maximum Gasteiger partial charge on any atom is 0.412 e. The first kappa shape index (κ1) is 26.4. The molecule has 2 aromatic rings. The minimum Gasteiger partial charge on any atom is -0.508 e. The summed E-state index contributed by atoms with van der Waals surface area (Å²) in [5, 5.41) is 13.1. The van der Waals surface area contributed by atoms with Gasteiger partial charge >= 0.3 is 12.1 Å². The number of hydrogen-bond acceptors (Lipinski definition) is 8. The first-order chi connectivity index (χ1) is 15.4. The zero-order valence-corrected chi connectivity index (χ0v) is 21.0. The molecule has 0 heterocycles. The van der Waals surface area contributed by atoms with Crippen LogP contribution in [0.5, 0.6) is 5.75 Å². The Morgan fingerprint density at radius 2 is 1.94 bits per heavy atom. The van der Waals surface area contributed by atoms with Crippen LogP contribution in [0.2, 0.25) is 0 Å². The standard InChI is InChI=1S/C22H26BrNO6S2/c1-3-28-19(10-11-29-20(26)13-31)21(17-12-14(23)4-9-18(17)25)30-22(27)24-15-5-7-16(32-2)8-6-15/h4-9,12,19,21,25,31H,3,10-11,13H2,1-2H3,(H,24,27)/t19-,21-/m0/s1. The number of nitrogens with one attached hydrogen (secondary N) is 1. The van der Waals surface area contributed by atoms with E-state index in [0.29, 0.717) is 22.3 Å². The monoisotopic (exact) mass is 543 g/mol. The predicted molar refractivity (Wildman–Crippen MR) is 132 cm³/mol. The van der Waals surface area contributed by atoms with Gasteiger partial charge in [0.05, 0.1) is 12.4 Å². The van der Waals surface area contributed by atoms with Crippen LogP contribution < -0.4 is 5.32 Å². The van der Waals surface area contributed by atoms with E-state index in [1.807, 2.05) is 18.4 Å². The smallest absolute Gasteiger partial charge is 0.412 e. The van der Waals surface area contributed by atoms with Crippen LogP contribution in [0.1, 0.15) is 25.0 Å². The van der Waals surface area contributed by atoms with Crippen LogP contribution in [-0.4, -0.2) is 48.5 Å². The van der Waals surface area contributed by atoms with Gasteiger partial charge in [0, 0.05) is 33.6 Å². The molecular weight excluding hydrogens is 518 g/mol. The van der Waals surface area contributed by atoms with Crippen LogP contribution in [0, 0.1) is 0 Å². The first-order valence-electron chi connectivity index (χ1n) is 9.86. The van der Waals surface area contributed by atoms with Crippen LogP contribution >= 0.6 is 40.3 Å². The van der Waals surface area contributed by atoms with Crippen molar-refractivity contribution in [2.45, 2.75) is 30.4 Å². The molecule has 32 heavy (non-hydrogen) atoms. The van der Waals surface area contributed by atoms with E-state index in [0.717, 1.165) is 4.90 Å². The Morgan fingerprint density at radius 1 is 1.22 bits per heavy atom. The number of amides is 1. The van der Waals surface area contributed by atoms with Crippen molar-refractivity contribution in [3.05, 3.63) is 52.5 Å². The summed E-state index contributed by atoms with van der Waals surface area (Å²) in [4.78, 5) is 25.2. The fraction of sp³-hybridized carbons (Fsp3) is 0.364. The van der Waals surface area contributed by atoms with Gasteiger partial charge in [-0.25, -0.2) is 4.79 Å². The highest BCUT2D eigenvalue weighted by molar-refractivity contribution is 9.10. The topological polar surface area (TPSA) is 94.1 Å². The van der Waals surface area contributed by atoms with Crippen LogP contribution in [0.3, 0.4) is 0 Å². The highest BCUT2D eigenvalue weighted by Crippen LogP contribution is 2.34. The second kappa shape index (κ2) is 13.6. The largest absolute Gasteiger partial charge is 0.508 e. The van der Waals surface area contributed by atoms with Gasteiger partial charge in [-0.1, -0.05) is 15.9 Å². The summed E-state index contributed by atoms with van der Waals surface area (Å²) in [5.41, 5.74) is 0.937. The van der Waals surface area contributed by atoms with E-state index < -0.39 is 24.3 Å². The molecule has 2 N–H and O–H groups in total. The average molecular weight is 544 g/mol. The Labute approximate surface area is 205 Å². The summed E-state index contributed by atoms with van der Waals surface area (Å²) < 4.78 is 17.3. The summed E-state index contributed by atoms with van der Waals surface area (Å²) in [5.74, 6) is -0.547. The maximum absolute atomic E-state index is 12.7. The highest BCUT2D eigenvalue weighted by atomic mass is 79.9. The summed E-state index contributed by atoms with van der Waals surface area (Å²) in [7, 11) is 0. The molecule has 0 aliphatic carbocycles. The zero-order chi connectivity index (χ0) is 23.5. The lowest BCUT2D eigenvalue weighted by atomic mass is 10.0. The van der Waals surface area contributed by atoms with Gasteiger partial charge in [-0.05, 0) is 55.6 Å². The Hall–Kier alpha value is -1.88. The molecule has 174 valence electrons. The predicted octanol–water partition coefficient (Wildman–Crippen LogP) is 5.43. The van der Waals surface area contributed by atoms with Gasteiger partial charge in [0.2, 0.25) is 0 Å². The lowest BCUT2D eigenvalue weighted by Crippen LogP contribution is -2.30. The molecule has 10 heteroatoms. The minimum absolute atomic E-state index is 0.0383. The summed E-state index contributed by atoms with van der Waals surface area (Å²) in [6.45, 7) is 2.19. The Balaban J connectivity index is 2.24. The number of hydrogen-bond donors (Lipinski definition) is 3. The van der Waals surface area contributed by atoms with Gasteiger partial charge < -0.3 is 19.3 Å². The molecule has 7 nitrogen and oxygen atoms in total. The number of rotatable bonds is 11. The van der Waals surface area contributed by atoms with Crippen LogP contribution in [-0.2, 0) is 19.0 Å². The van der Waals surface area contributed by atoms with E-state index in [1.54, 1.807) is 43.0 Å². The molecule has 0 saturated heterocycles. The van der Waals surface area contributed by atoms with Gasteiger partial charge in [0.25, 0.3) is 0 Å². The van der Waals surface area contributed by atoms with Crippen molar-refractivity contribution in [1.82, 2.24) is 0 Å². The quantitative estimate of drug-likeness (QED) is 0.197. The third-order valence-electron chi connectivity index (χ3n) is 4.38. The molecule has 2 aromatic carbocycles. The lowest BCUT2D eigenvalue weighted by Gasteiger charge is -2.28. The van der Waals surface area contributed by atoms with Crippen molar-refractivity contribution in [2.24, 2.45) is 0 Å². The van der Waals surface area contributed by atoms with Gasteiger partial charge in [0.1, 0.15) is 11.9 Å². The number of esters is 1. The number of thiol groups is 1. The second-order valence-corrected chi connectivity index (χ2v) is 8.66. The van der Waals surface area contributed by atoms with Crippen LogP contribution in [0.15, 0.2) is 51.8 Å². The number of ether oxygens (including phenoxy) is 3. The van der Waals surface area contributed by atoms with Crippen molar-refractivity contribution in [3.63, 3.8) is 0 Å². The van der Waals surface area contributed by atoms with E-state index >= 15 is 0 Å². The number of carbonyl (C=O) groups is 2. The molecule has 0 spiro atoms. The Bertz CT molecular complexity index is 896. The molecule has 0 aliphatic rings. The molecule has 0 unspecified atom stereocenters. The number of phenolic OH excluding ortho intramolecular Hbond substituents is 1. The van der Waals surface area contributed by atoms with Crippen molar-refractivity contribution in [1.29, 1.82) is 0 Å². The van der Waals surface area contributed by atoms with Gasteiger partial charge in [-0.3, -0.25) is 10.1 Å². The summed E-state index contributed by atoms with van der Waals surface area (Å²) >= 11 is 8.86. The normalized spacial score (nSPS) is 12.6. The number of phenols is 1. The number of aromatic hydroxyl groups is 1. The van der Waals surface area contributed by atoms with Gasteiger partial charge in [0.15, 0.2) is 6.10 Å². The molecule has 1 amide bonds. The Morgan fingerprint density at radius 3 is 2.56 bits per heavy atom. The summed E-state index contributed by atoms with van der Waals surface area (Å²) in [6.07, 6.45) is -0.110. The molecule has 0 aromatic heterocycles. The van der Waals surface area contributed by atoms with Gasteiger partial charge in [-0.15, -0.1) is 11.8 Å². The highest BCUT2D eigenvalue weighted by Gasteiger charge is 2.30. The average Bonchev–Trinajstić information content (AvgIpc) is 2.79. The minimum atomic E-state index is -0.951. The molecule has 0 fully saturated rings. The Kier molecular flexibility index (Phi) is 11.2. The van der Waals surface area contributed by atoms with Crippen molar-refractivity contribution in [2.75, 3.05) is 30.5 Å². The maximum atomic E-state index is 12.7. The number of thioether (sulfide) groups is 1. The number of anilines is 1. The van der Waals surface area contributed by atoms with Crippen LogP contribution in [0.25, 0.3) is 0 Å². The van der Waals surface area contributed by atoms with Crippen molar-refractivity contribution in [3.8, 4) is 5.75 Å². The number of carbonyl (C=O) groups excluding carboxylic acids is 2. The number of benzene rings is 2. The van der Waals surface area contributed by atoms with E-state index in [4.69, 9.17) is 14.2 Å². The van der Waals surface area contributed by atoms with E-state index in [9.17, 15) is 14.7 Å². The van der Waals surface area contributed by atoms with Crippen molar-refractivity contribution >= 4 is 58.1 Å². The van der Waals surface area contributed by atoms with E-state index in [-0.39, 0.29) is 24.5 Å². The third-order valence-corrected chi connectivity index (χ3v) is 5.87. The van der Waals surface area contributed by atoms with E-state index in [1.165, 1.54) is 6.07 Å². The molecule has 2 atom stereocenters. The molecule has 0 saturated carbocycles. The second-order valence-electron chi connectivity index (χ2n) is 6.54.